The first-order valence-corrected chi connectivity index (χ1v) is 5.73. The summed E-state index contributed by atoms with van der Waals surface area (Å²) in [5.41, 5.74) is -0.716. The summed E-state index contributed by atoms with van der Waals surface area (Å²) in [4.78, 5) is 3.85. The van der Waals surface area contributed by atoms with Gasteiger partial charge in [0.2, 0.25) is 0 Å². The summed E-state index contributed by atoms with van der Waals surface area (Å²) in [5, 5.41) is 2.90. The minimum Gasteiger partial charge on any atom is -0.366 e. The van der Waals surface area contributed by atoms with Crippen LogP contribution >= 0.6 is 11.6 Å². The minimum absolute atomic E-state index is 0.104. The molecule has 2 nitrogen and oxygen atoms in total. The quantitative estimate of drug-likeness (QED) is 0.839. The highest BCUT2D eigenvalue weighted by molar-refractivity contribution is 6.18. The number of rotatable bonds is 4. The molecule has 96 valence electrons. The number of halogens is 4. The molecule has 1 N–H and O–H groups in total. The number of anilines is 1. The van der Waals surface area contributed by atoms with Crippen molar-refractivity contribution in [2.75, 3.05) is 11.2 Å². The molecule has 6 heteroatoms. The Morgan fingerprint density at radius 2 is 2.06 bits per heavy atom. The van der Waals surface area contributed by atoms with Crippen LogP contribution in [0, 0.1) is 5.92 Å². The van der Waals surface area contributed by atoms with Gasteiger partial charge in [0, 0.05) is 18.1 Å². The van der Waals surface area contributed by atoms with E-state index in [1.807, 2.05) is 13.8 Å². The Hall–Kier alpha value is -0.970. The number of alkyl halides is 4. The first-order chi connectivity index (χ1) is 7.84. The van der Waals surface area contributed by atoms with Gasteiger partial charge in [-0.05, 0) is 18.1 Å². The third kappa shape index (κ3) is 4.07. The Balaban J connectivity index is 2.85. The van der Waals surface area contributed by atoms with Gasteiger partial charge < -0.3 is 5.32 Å². The van der Waals surface area contributed by atoms with Gasteiger partial charge in [0.15, 0.2) is 0 Å². The maximum Gasteiger partial charge on any atom is 0.416 e. The van der Waals surface area contributed by atoms with E-state index in [9.17, 15) is 13.2 Å². The van der Waals surface area contributed by atoms with Crippen LogP contribution in [0.5, 0.6) is 0 Å². The van der Waals surface area contributed by atoms with Crippen molar-refractivity contribution in [2.45, 2.75) is 26.1 Å². The third-order valence-corrected chi connectivity index (χ3v) is 2.72. The highest BCUT2D eigenvalue weighted by atomic mass is 35.5. The number of hydrogen-bond donors (Lipinski definition) is 1. The van der Waals surface area contributed by atoms with Crippen molar-refractivity contribution in [2.24, 2.45) is 5.92 Å². The van der Waals surface area contributed by atoms with Crippen molar-refractivity contribution in [1.82, 2.24) is 4.98 Å². The first kappa shape index (κ1) is 14.1. The second kappa shape index (κ2) is 5.58. The summed E-state index contributed by atoms with van der Waals surface area (Å²) in [6.45, 7) is 3.88. The molecule has 0 aliphatic carbocycles. The highest BCUT2D eigenvalue weighted by Crippen LogP contribution is 2.30. The molecular weight excluding hydrogens is 253 g/mol. The molecule has 1 atom stereocenters. The smallest absolute Gasteiger partial charge is 0.366 e. The Labute approximate surface area is 103 Å². The lowest BCUT2D eigenvalue weighted by molar-refractivity contribution is -0.137. The first-order valence-electron chi connectivity index (χ1n) is 5.20. The molecule has 0 amide bonds. The number of aromatic nitrogens is 1. The van der Waals surface area contributed by atoms with Gasteiger partial charge in [-0.25, -0.2) is 4.98 Å². The molecule has 0 aliphatic rings. The summed E-state index contributed by atoms with van der Waals surface area (Å²) >= 11 is 5.73. The zero-order valence-corrected chi connectivity index (χ0v) is 10.3. The minimum atomic E-state index is -4.35. The lowest BCUT2D eigenvalue weighted by Gasteiger charge is -2.20. The van der Waals surface area contributed by atoms with E-state index in [4.69, 9.17) is 11.6 Å². The number of nitrogens with one attached hydrogen (secondary N) is 1. The second-order valence-electron chi connectivity index (χ2n) is 4.08. The van der Waals surface area contributed by atoms with Crippen LogP contribution in [-0.2, 0) is 6.18 Å². The fraction of sp³-hybridized carbons (Fsp3) is 0.545. The van der Waals surface area contributed by atoms with Crippen molar-refractivity contribution in [1.29, 1.82) is 0 Å². The van der Waals surface area contributed by atoms with Crippen molar-refractivity contribution in [3.63, 3.8) is 0 Å². The topological polar surface area (TPSA) is 24.9 Å². The summed E-state index contributed by atoms with van der Waals surface area (Å²) in [6, 6.07) is 1.82. The monoisotopic (exact) mass is 266 g/mol. The molecule has 1 aromatic rings. The van der Waals surface area contributed by atoms with Gasteiger partial charge in [0.25, 0.3) is 0 Å². The molecule has 0 saturated carbocycles. The molecule has 0 saturated heterocycles. The fourth-order valence-corrected chi connectivity index (χ4v) is 1.69. The molecule has 0 aliphatic heterocycles. The molecule has 0 aromatic carbocycles. The van der Waals surface area contributed by atoms with Crippen molar-refractivity contribution < 1.29 is 13.2 Å². The molecule has 1 aromatic heterocycles. The van der Waals surface area contributed by atoms with Crippen LogP contribution in [-0.4, -0.2) is 16.9 Å². The van der Waals surface area contributed by atoms with Crippen LogP contribution in [0.15, 0.2) is 18.3 Å². The molecule has 17 heavy (non-hydrogen) atoms. The van der Waals surface area contributed by atoms with Gasteiger partial charge >= 0.3 is 6.18 Å². The molecule has 1 unspecified atom stereocenters. The van der Waals surface area contributed by atoms with Gasteiger partial charge in [-0.2, -0.15) is 13.2 Å². The van der Waals surface area contributed by atoms with Crippen LogP contribution in [0.25, 0.3) is 0 Å². The van der Waals surface area contributed by atoms with Crippen LogP contribution < -0.4 is 5.32 Å². The van der Waals surface area contributed by atoms with Crippen molar-refractivity contribution >= 4 is 17.4 Å². The average Bonchev–Trinajstić information content (AvgIpc) is 2.24. The van der Waals surface area contributed by atoms with Crippen LogP contribution in [0.2, 0.25) is 0 Å². The van der Waals surface area contributed by atoms with Crippen molar-refractivity contribution in [3.05, 3.63) is 23.9 Å². The molecule has 0 radical (unpaired) electrons. The third-order valence-electron chi connectivity index (χ3n) is 2.39. The fourth-order valence-electron chi connectivity index (χ4n) is 1.26. The van der Waals surface area contributed by atoms with E-state index < -0.39 is 11.7 Å². The van der Waals surface area contributed by atoms with Gasteiger partial charge in [-0.15, -0.1) is 11.6 Å². The summed E-state index contributed by atoms with van der Waals surface area (Å²) in [5.74, 6) is 0.721. The summed E-state index contributed by atoms with van der Waals surface area (Å²) in [7, 11) is 0. The van der Waals surface area contributed by atoms with Gasteiger partial charge in [0.1, 0.15) is 5.82 Å². The van der Waals surface area contributed by atoms with Gasteiger partial charge in [0.05, 0.1) is 5.56 Å². The molecular formula is C11H14ClF3N2. The van der Waals surface area contributed by atoms with Crippen molar-refractivity contribution in [3.8, 4) is 0 Å². The summed E-state index contributed by atoms with van der Waals surface area (Å²) in [6.07, 6.45) is -3.22. The molecule has 0 bridgehead atoms. The van der Waals surface area contributed by atoms with E-state index in [0.29, 0.717) is 5.88 Å². The maximum atomic E-state index is 12.5. The standard InChI is InChI=1S/C11H14ClF3N2/c1-7(2)9(6-12)17-10-5-8(3-4-16-10)11(13,14)15/h3-5,7,9H,6H2,1-2H3,(H,16,17). The van der Waals surface area contributed by atoms with E-state index in [2.05, 4.69) is 10.3 Å². The van der Waals surface area contributed by atoms with Crippen LogP contribution in [0.1, 0.15) is 19.4 Å². The molecule has 0 spiro atoms. The Morgan fingerprint density at radius 3 is 2.53 bits per heavy atom. The number of pyridine rings is 1. The molecule has 0 fully saturated rings. The van der Waals surface area contributed by atoms with Crippen LogP contribution in [0.4, 0.5) is 19.0 Å². The van der Waals surface area contributed by atoms with Gasteiger partial charge in [-0.1, -0.05) is 13.8 Å². The SMILES string of the molecule is CC(C)C(CCl)Nc1cc(C(F)(F)F)ccn1. The number of nitrogens with zero attached hydrogens (tertiary/aromatic N) is 1. The van der Waals surface area contributed by atoms with E-state index in [1.54, 1.807) is 0 Å². The van der Waals surface area contributed by atoms with Crippen LogP contribution in [0.3, 0.4) is 0 Å². The Bertz CT molecular complexity index is 366. The highest BCUT2D eigenvalue weighted by Gasteiger charge is 2.30. The second-order valence-corrected chi connectivity index (χ2v) is 4.39. The van der Waals surface area contributed by atoms with Gasteiger partial charge in [-0.3, -0.25) is 0 Å². The van der Waals surface area contributed by atoms with E-state index >= 15 is 0 Å². The predicted molar refractivity (Wildman–Crippen MR) is 62.2 cm³/mol. The Morgan fingerprint density at radius 1 is 1.41 bits per heavy atom. The lowest BCUT2D eigenvalue weighted by atomic mass is 10.1. The van der Waals surface area contributed by atoms with E-state index in [0.717, 1.165) is 18.3 Å². The molecule has 1 rings (SSSR count). The zero-order chi connectivity index (χ0) is 13.1. The normalized spacial score (nSPS) is 13.8. The summed E-state index contributed by atoms with van der Waals surface area (Å²) < 4.78 is 37.4. The number of hydrogen-bond acceptors (Lipinski definition) is 2. The lowest BCUT2D eigenvalue weighted by Crippen LogP contribution is -2.28. The van der Waals surface area contributed by atoms with E-state index in [-0.39, 0.29) is 17.8 Å². The predicted octanol–water partition coefficient (Wildman–Crippen LogP) is 3.78. The largest absolute Gasteiger partial charge is 0.416 e. The van der Waals surface area contributed by atoms with E-state index in [1.165, 1.54) is 0 Å². The Kier molecular flexibility index (Phi) is 4.62. The molecule has 1 heterocycles. The average molecular weight is 267 g/mol. The maximum absolute atomic E-state index is 12.5. The zero-order valence-electron chi connectivity index (χ0n) is 9.55.